The lowest BCUT2D eigenvalue weighted by Crippen LogP contribution is -2.34. The number of halogens is 3. The van der Waals surface area contributed by atoms with Crippen LogP contribution in [0.25, 0.3) is 10.4 Å². The van der Waals surface area contributed by atoms with Crippen molar-refractivity contribution in [3.05, 3.63) is 78.1 Å². The molecule has 0 aliphatic carbocycles. The Morgan fingerprint density at radius 3 is 2.22 bits per heavy atom. The second-order valence-corrected chi connectivity index (χ2v) is 15.9. The number of para-hydroxylation sites is 1. The highest BCUT2D eigenvalue weighted by molar-refractivity contribution is 7.19. The third-order valence-corrected chi connectivity index (χ3v) is 8.11. The molecule has 0 N–H and O–H groups in total. The number of anilines is 2. The molecule has 2 aromatic heterocycles. The first-order valence-corrected chi connectivity index (χ1v) is 16.7. The molecule has 2 heterocycles. The van der Waals surface area contributed by atoms with Crippen LogP contribution in [0.5, 0.6) is 17.4 Å². The molecule has 0 saturated carbocycles. The Kier molecular flexibility index (Phi) is 11.0. The molecule has 0 aliphatic heterocycles. The Morgan fingerprint density at radius 2 is 1.59 bits per heavy atom. The van der Waals surface area contributed by atoms with Gasteiger partial charge in [-0.3, -0.25) is 0 Å². The fraction of sp³-hybridized carbons (Fsp3) is 0.432. The van der Waals surface area contributed by atoms with Crippen molar-refractivity contribution in [2.45, 2.75) is 72.6 Å². The summed E-state index contributed by atoms with van der Waals surface area (Å²) in [6.45, 7) is 16.3. The normalized spacial score (nSPS) is 12.6. The standard InChI is InChI=1S/C37H45F3N4O4S/c1-34(2,3)26-17-11-12-19-28(26)47-31-27(18-14-20-41-31)44(33(45)48-35(4,5)6)32-42-30(37(38,39)40)29(49-32)24-15-13-16-25(21-24)46-23-36(7,8)22-43(9)10/h11-21H,22-23H2,1-10H3. The summed E-state index contributed by atoms with van der Waals surface area (Å²) in [5.74, 6) is 0.892. The van der Waals surface area contributed by atoms with Crippen molar-refractivity contribution in [3.63, 3.8) is 0 Å². The number of alkyl halides is 3. The molecule has 2 aromatic carbocycles. The minimum atomic E-state index is -4.84. The van der Waals surface area contributed by atoms with Gasteiger partial charge >= 0.3 is 12.3 Å². The summed E-state index contributed by atoms with van der Waals surface area (Å²) in [6.07, 6.45) is -4.30. The number of hydrogen-bond donors (Lipinski definition) is 0. The average molecular weight is 699 g/mol. The van der Waals surface area contributed by atoms with E-state index >= 15 is 0 Å². The van der Waals surface area contributed by atoms with Crippen LogP contribution < -0.4 is 14.4 Å². The number of hydrogen-bond acceptors (Lipinski definition) is 8. The third-order valence-electron chi connectivity index (χ3n) is 7.02. The van der Waals surface area contributed by atoms with Crippen LogP contribution in [0.1, 0.15) is 66.6 Å². The maximum atomic E-state index is 14.7. The molecule has 0 saturated heterocycles. The van der Waals surface area contributed by atoms with Crippen LogP contribution in [0.2, 0.25) is 0 Å². The third kappa shape index (κ3) is 9.95. The van der Waals surface area contributed by atoms with E-state index in [-0.39, 0.29) is 38.0 Å². The molecule has 49 heavy (non-hydrogen) atoms. The molecule has 0 atom stereocenters. The Balaban J connectivity index is 1.84. The number of amides is 1. The maximum Gasteiger partial charge on any atom is 0.434 e. The lowest BCUT2D eigenvalue weighted by molar-refractivity contribution is -0.140. The number of benzene rings is 2. The Bertz CT molecular complexity index is 1760. The van der Waals surface area contributed by atoms with Gasteiger partial charge in [-0.25, -0.2) is 19.7 Å². The molecule has 0 spiro atoms. The second kappa shape index (κ2) is 14.4. The molecule has 0 unspecified atom stereocenters. The monoisotopic (exact) mass is 698 g/mol. The topological polar surface area (TPSA) is 77.0 Å². The molecule has 12 heteroatoms. The molecule has 1 amide bonds. The van der Waals surface area contributed by atoms with Crippen molar-refractivity contribution < 1.29 is 32.2 Å². The minimum Gasteiger partial charge on any atom is -0.493 e. The van der Waals surface area contributed by atoms with Crippen LogP contribution in [0, 0.1) is 5.41 Å². The molecule has 4 aromatic rings. The van der Waals surface area contributed by atoms with Gasteiger partial charge in [0.1, 0.15) is 22.8 Å². The number of pyridine rings is 1. The summed E-state index contributed by atoms with van der Waals surface area (Å²) in [6, 6.07) is 16.9. The predicted molar refractivity (Wildman–Crippen MR) is 188 cm³/mol. The average Bonchev–Trinajstić information content (AvgIpc) is 3.41. The van der Waals surface area contributed by atoms with Gasteiger partial charge in [0.2, 0.25) is 11.0 Å². The Morgan fingerprint density at radius 1 is 0.898 bits per heavy atom. The lowest BCUT2D eigenvalue weighted by atomic mass is 9.86. The highest BCUT2D eigenvalue weighted by atomic mass is 32.1. The van der Waals surface area contributed by atoms with Gasteiger partial charge in [-0.1, -0.05) is 76.3 Å². The highest BCUT2D eigenvalue weighted by Crippen LogP contribution is 2.47. The molecular formula is C37H45F3N4O4S. The molecule has 0 bridgehead atoms. The highest BCUT2D eigenvalue weighted by Gasteiger charge is 2.41. The maximum absolute atomic E-state index is 14.7. The fourth-order valence-corrected chi connectivity index (χ4v) is 6.28. The number of carbonyl (C=O) groups excluding carboxylic acids is 1. The number of carbonyl (C=O) groups is 1. The second-order valence-electron chi connectivity index (χ2n) is 14.9. The molecule has 0 radical (unpaired) electrons. The molecule has 4 rings (SSSR count). The SMILES string of the molecule is CN(C)CC(C)(C)COc1cccc(-c2sc(N(C(=O)OC(C)(C)C)c3cccnc3Oc3ccccc3C(C)(C)C)nc2C(F)(F)F)c1. The largest absolute Gasteiger partial charge is 0.493 e. The number of ether oxygens (including phenoxy) is 3. The zero-order chi connectivity index (χ0) is 36.4. The van der Waals surface area contributed by atoms with Crippen LogP contribution in [-0.4, -0.2) is 53.8 Å². The lowest BCUT2D eigenvalue weighted by Gasteiger charge is -2.28. The van der Waals surface area contributed by atoms with Crippen molar-refractivity contribution in [1.82, 2.24) is 14.9 Å². The van der Waals surface area contributed by atoms with E-state index in [0.29, 0.717) is 29.4 Å². The molecule has 8 nitrogen and oxygen atoms in total. The van der Waals surface area contributed by atoms with E-state index < -0.39 is 23.6 Å². The fourth-order valence-electron chi connectivity index (χ4n) is 5.20. The summed E-state index contributed by atoms with van der Waals surface area (Å²) in [7, 11) is 3.93. The van der Waals surface area contributed by atoms with Crippen molar-refractivity contribution in [1.29, 1.82) is 0 Å². The summed E-state index contributed by atoms with van der Waals surface area (Å²) in [4.78, 5) is 25.2. The van der Waals surface area contributed by atoms with E-state index in [1.807, 2.05) is 58.0 Å². The number of aromatic nitrogens is 2. The Labute approximate surface area is 290 Å². The first kappa shape index (κ1) is 37.7. The summed E-state index contributed by atoms with van der Waals surface area (Å²) in [5, 5.41) is -0.267. The van der Waals surface area contributed by atoms with Crippen LogP contribution in [-0.2, 0) is 16.3 Å². The molecular weight excluding hydrogens is 653 g/mol. The van der Waals surface area contributed by atoms with E-state index in [9.17, 15) is 18.0 Å². The van der Waals surface area contributed by atoms with Crippen LogP contribution >= 0.6 is 11.3 Å². The predicted octanol–water partition coefficient (Wildman–Crippen LogP) is 10.4. The number of thiazole rings is 1. The van der Waals surface area contributed by atoms with Gasteiger partial charge in [0.15, 0.2) is 5.69 Å². The van der Waals surface area contributed by atoms with Gasteiger partial charge in [-0.05, 0) is 76.2 Å². The van der Waals surface area contributed by atoms with Gasteiger partial charge in [0, 0.05) is 23.7 Å². The number of rotatable bonds is 10. The van der Waals surface area contributed by atoms with Gasteiger partial charge < -0.3 is 19.1 Å². The number of nitrogens with zero attached hydrogens (tertiary/aromatic N) is 4. The van der Waals surface area contributed by atoms with E-state index in [1.54, 1.807) is 57.2 Å². The molecule has 0 fully saturated rings. The van der Waals surface area contributed by atoms with Gasteiger partial charge in [-0.2, -0.15) is 13.2 Å². The quantitative estimate of drug-likeness (QED) is 0.163. The van der Waals surface area contributed by atoms with Crippen molar-refractivity contribution in [3.8, 4) is 27.8 Å². The van der Waals surface area contributed by atoms with Gasteiger partial charge in [-0.15, -0.1) is 0 Å². The van der Waals surface area contributed by atoms with E-state index in [0.717, 1.165) is 17.0 Å². The van der Waals surface area contributed by atoms with E-state index in [4.69, 9.17) is 14.2 Å². The van der Waals surface area contributed by atoms with Gasteiger partial charge in [0.05, 0.1) is 11.5 Å². The minimum absolute atomic E-state index is 0.00824. The van der Waals surface area contributed by atoms with Crippen molar-refractivity contribution in [2.75, 3.05) is 32.1 Å². The summed E-state index contributed by atoms with van der Waals surface area (Å²) >= 11 is 0.708. The Hall–Kier alpha value is -4.16. The van der Waals surface area contributed by atoms with Crippen LogP contribution in [0.15, 0.2) is 66.9 Å². The molecule has 264 valence electrons. The van der Waals surface area contributed by atoms with Crippen molar-refractivity contribution >= 4 is 28.2 Å². The van der Waals surface area contributed by atoms with E-state index in [2.05, 4.69) is 23.8 Å². The first-order chi connectivity index (χ1) is 22.6. The molecule has 0 aliphatic rings. The zero-order valence-electron chi connectivity index (χ0n) is 29.7. The van der Waals surface area contributed by atoms with Crippen LogP contribution in [0.3, 0.4) is 0 Å². The van der Waals surface area contributed by atoms with Crippen LogP contribution in [0.4, 0.5) is 28.8 Å². The van der Waals surface area contributed by atoms with Crippen molar-refractivity contribution in [2.24, 2.45) is 5.41 Å². The smallest absolute Gasteiger partial charge is 0.434 e. The van der Waals surface area contributed by atoms with E-state index in [1.165, 1.54) is 12.3 Å². The first-order valence-electron chi connectivity index (χ1n) is 15.9. The van der Waals surface area contributed by atoms with Gasteiger partial charge in [0.25, 0.3) is 0 Å². The zero-order valence-corrected chi connectivity index (χ0v) is 30.5. The summed E-state index contributed by atoms with van der Waals surface area (Å²) in [5.41, 5.74) is -1.45. The summed E-state index contributed by atoms with van der Waals surface area (Å²) < 4.78 is 62.1.